The Kier molecular flexibility index (Phi) is 3.11. The number of halogens is 4. The number of carbonyl (C=O) groups is 1. The van der Waals surface area contributed by atoms with Crippen molar-refractivity contribution in [1.29, 1.82) is 0 Å². The summed E-state index contributed by atoms with van der Waals surface area (Å²) >= 11 is 3.22. The Labute approximate surface area is 104 Å². The molecule has 3 nitrogen and oxygen atoms in total. The van der Waals surface area contributed by atoms with E-state index in [2.05, 4.69) is 20.9 Å². The minimum atomic E-state index is -4.51. The van der Waals surface area contributed by atoms with Gasteiger partial charge in [0, 0.05) is 24.0 Å². The highest BCUT2D eigenvalue weighted by molar-refractivity contribution is 9.09. The number of pyridine rings is 1. The number of hydrogen-bond donors (Lipinski definition) is 0. The second kappa shape index (κ2) is 4.29. The standard InChI is InChI=1S/C10H8BrF3N2O/c11-6-4-8(17)16(5-6)9-7(10(12,13)14)2-1-3-15-9/h1-3,6H,4-5H2. The van der Waals surface area contributed by atoms with E-state index < -0.39 is 11.7 Å². The lowest BCUT2D eigenvalue weighted by molar-refractivity contribution is -0.137. The van der Waals surface area contributed by atoms with Crippen LogP contribution in [0.5, 0.6) is 0 Å². The largest absolute Gasteiger partial charge is 0.419 e. The smallest absolute Gasteiger partial charge is 0.295 e. The first-order chi connectivity index (χ1) is 7.89. The summed E-state index contributed by atoms with van der Waals surface area (Å²) in [6, 6.07) is 2.13. The summed E-state index contributed by atoms with van der Waals surface area (Å²) in [7, 11) is 0. The van der Waals surface area contributed by atoms with Gasteiger partial charge in [0.2, 0.25) is 5.91 Å². The zero-order chi connectivity index (χ0) is 12.6. The van der Waals surface area contributed by atoms with E-state index in [0.717, 1.165) is 11.0 Å². The first-order valence-corrected chi connectivity index (χ1v) is 5.78. The number of carbonyl (C=O) groups excluding carboxylic acids is 1. The zero-order valence-corrected chi connectivity index (χ0v) is 10.1. The Morgan fingerprint density at radius 1 is 1.47 bits per heavy atom. The van der Waals surface area contributed by atoms with Crippen molar-refractivity contribution in [2.45, 2.75) is 17.4 Å². The van der Waals surface area contributed by atoms with Gasteiger partial charge in [-0.05, 0) is 12.1 Å². The highest BCUT2D eigenvalue weighted by Gasteiger charge is 2.39. The molecule has 0 bridgehead atoms. The lowest BCUT2D eigenvalue weighted by atomic mass is 10.2. The summed E-state index contributed by atoms with van der Waals surface area (Å²) in [6.07, 6.45) is -3.07. The van der Waals surface area contributed by atoms with E-state index in [1.807, 2.05) is 0 Å². The summed E-state index contributed by atoms with van der Waals surface area (Å²) in [6.45, 7) is 0.207. The van der Waals surface area contributed by atoms with Crippen LogP contribution in [-0.2, 0) is 11.0 Å². The average molecular weight is 309 g/mol. The quantitative estimate of drug-likeness (QED) is 0.747. The molecule has 17 heavy (non-hydrogen) atoms. The molecule has 0 radical (unpaired) electrons. The van der Waals surface area contributed by atoms with E-state index in [0.29, 0.717) is 0 Å². The van der Waals surface area contributed by atoms with Gasteiger partial charge in [0.15, 0.2) is 0 Å². The molecular weight excluding hydrogens is 301 g/mol. The van der Waals surface area contributed by atoms with Gasteiger partial charge in [0.25, 0.3) is 0 Å². The van der Waals surface area contributed by atoms with Crippen molar-refractivity contribution in [3.8, 4) is 0 Å². The van der Waals surface area contributed by atoms with Crippen molar-refractivity contribution in [2.75, 3.05) is 11.4 Å². The van der Waals surface area contributed by atoms with Gasteiger partial charge in [-0.3, -0.25) is 9.69 Å². The number of alkyl halides is 4. The molecule has 7 heteroatoms. The predicted octanol–water partition coefficient (Wildman–Crippen LogP) is 2.60. The molecule has 1 aliphatic heterocycles. The van der Waals surface area contributed by atoms with Gasteiger partial charge in [0.1, 0.15) is 5.82 Å². The van der Waals surface area contributed by atoms with Gasteiger partial charge in [-0.2, -0.15) is 13.2 Å². The molecule has 1 aromatic rings. The van der Waals surface area contributed by atoms with E-state index in [-0.39, 0.29) is 29.5 Å². The maximum atomic E-state index is 12.7. The third-order valence-electron chi connectivity index (χ3n) is 2.43. The maximum Gasteiger partial charge on any atom is 0.419 e. The molecule has 0 saturated carbocycles. The average Bonchev–Trinajstić information content (AvgIpc) is 2.56. The van der Waals surface area contributed by atoms with Gasteiger partial charge in [-0.15, -0.1) is 0 Å². The maximum absolute atomic E-state index is 12.7. The van der Waals surface area contributed by atoms with E-state index in [9.17, 15) is 18.0 Å². The molecule has 1 aliphatic rings. The number of rotatable bonds is 1. The number of nitrogens with zero attached hydrogens (tertiary/aromatic N) is 2. The zero-order valence-electron chi connectivity index (χ0n) is 8.54. The van der Waals surface area contributed by atoms with Crippen molar-refractivity contribution >= 4 is 27.7 Å². The number of aromatic nitrogens is 1. The van der Waals surface area contributed by atoms with Crippen molar-refractivity contribution in [3.05, 3.63) is 23.9 Å². The minimum absolute atomic E-state index is 0.127. The predicted molar refractivity (Wildman–Crippen MR) is 58.9 cm³/mol. The van der Waals surface area contributed by atoms with Crippen LogP contribution in [0.15, 0.2) is 18.3 Å². The van der Waals surface area contributed by atoms with E-state index >= 15 is 0 Å². The molecule has 2 heterocycles. The van der Waals surface area contributed by atoms with E-state index in [1.54, 1.807) is 0 Å². The molecule has 2 rings (SSSR count). The second-order valence-electron chi connectivity index (χ2n) is 3.68. The molecule has 0 aliphatic carbocycles. The summed E-state index contributed by atoms with van der Waals surface area (Å²) < 4.78 is 38.2. The van der Waals surface area contributed by atoms with Gasteiger partial charge < -0.3 is 0 Å². The first-order valence-electron chi connectivity index (χ1n) is 4.86. The Morgan fingerprint density at radius 2 is 2.18 bits per heavy atom. The molecule has 1 amide bonds. The molecule has 1 unspecified atom stereocenters. The van der Waals surface area contributed by atoms with Gasteiger partial charge in [-0.25, -0.2) is 4.98 Å². The molecular formula is C10H8BrF3N2O. The molecule has 92 valence electrons. The fourth-order valence-electron chi connectivity index (χ4n) is 1.70. The molecule has 1 atom stereocenters. The van der Waals surface area contributed by atoms with Crippen molar-refractivity contribution < 1.29 is 18.0 Å². The van der Waals surface area contributed by atoms with Crippen LogP contribution in [0, 0.1) is 0 Å². The monoisotopic (exact) mass is 308 g/mol. The number of anilines is 1. The molecule has 0 spiro atoms. The lowest BCUT2D eigenvalue weighted by Crippen LogP contribution is -2.28. The third kappa shape index (κ3) is 2.43. The normalized spacial score (nSPS) is 21.1. The van der Waals surface area contributed by atoms with Crippen LogP contribution >= 0.6 is 15.9 Å². The Hall–Kier alpha value is -1.11. The summed E-state index contributed by atoms with van der Waals surface area (Å²) in [5.74, 6) is -0.664. The topological polar surface area (TPSA) is 33.2 Å². The SMILES string of the molecule is O=C1CC(Br)CN1c1ncccc1C(F)(F)F. The van der Waals surface area contributed by atoms with Crippen LogP contribution in [0.3, 0.4) is 0 Å². The Balaban J connectivity index is 2.42. The number of amides is 1. The Morgan fingerprint density at radius 3 is 2.71 bits per heavy atom. The Bertz CT molecular complexity index is 449. The molecule has 1 saturated heterocycles. The molecule has 1 aromatic heterocycles. The highest BCUT2D eigenvalue weighted by atomic mass is 79.9. The van der Waals surface area contributed by atoms with E-state index in [4.69, 9.17) is 0 Å². The van der Waals surface area contributed by atoms with Crippen molar-refractivity contribution in [2.24, 2.45) is 0 Å². The fourth-order valence-corrected chi connectivity index (χ4v) is 2.27. The van der Waals surface area contributed by atoms with Crippen LogP contribution in [0.2, 0.25) is 0 Å². The van der Waals surface area contributed by atoms with Crippen LogP contribution in [0.1, 0.15) is 12.0 Å². The van der Waals surface area contributed by atoms with Crippen molar-refractivity contribution in [3.63, 3.8) is 0 Å². The summed E-state index contributed by atoms with van der Waals surface area (Å²) in [5.41, 5.74) is -0.880. The molecule has 0 aromatic carbocycles. The second-order valence-corrected chi connectivity index (χ2v) is 4.97. The fraction of sp³-hybridized carbons (Fsp3) is 0.400. The lowest BCUT2D eigenvalue weighted by Gasteiger charge is -2.19. The van der Waals surface area contributed by atoms with Crippen LogP contribution < -0.4 is 4.90 Å². The minimum Gasteiger partial charge on any atom is -0.295 e. The summed E-state index contributed by atoms with van der Waals surface area (Å²) in [4.78, 5) is 16.2. The molecule has 1 fully saturated rings. The van der Waals surface area contributed by atoms with Crippen molar-refractivity contribution in [1.82, 2.24) is 4.98 Å². The summed E-state index contributed by atoms with van der Waals surface area (Å²) in [5, 5.41) is 0. The van der Waals surface area contributed by atoms with E-state index in [1.165, 1.54) is 12.3 Å². The van der Waals surface area contributed by atoms with Gasteiger partial charge in [0.05, 0.1) is 5.56 Å². The van der Waals surface area contributed by atoms with Crippen LogP contribution in [-0.4, -0.2) is 22.3 Å². The van der Waals surface area contributed by atoms with Crippen LogP contribution in [0.25, 0.3) is 0 Å². The molecule has 0 N–H and O–H groups in total. The highest BCUT2D eigenvalue weighted by Crippen LogP contribution is 2.36. The number of hydrogen-bond acceptors (Lipinski definition) is 2. The van der Waals surface area contributed by atoms with Gasteiger partial charge in [-0.1, -0.05) is 15.9 Å². The van der Waals surface area contributed by atoms with Gasteiger partial charge >= 0.3 is 6.18 Å². The first kappa shape index (κ1) is 12.3. The van der Waals surface area contributed by atoms with Crippen LogP contribution in [0.4, 0.5) is 19.0 Å². The third-order valence-corrected chi connectivity index (χ3v) is 3.04.